The molecule has 0 aliphatic heterocycles. The van der Waals surface area contributed by atoms with Gasteiger partial charge in [-0.25, -0.2) is 9.97 Å². The summed E-state index contributed by atoms with van der Waals surface area (Å²) >= 11 is 0. The van der Waals surface area contributed by atoms with Crippen molar-refractivity contribution >= 4 is 11.5 Å². The van der Waals surface area contributed by atoms with Crippen LogP contribution in [-0.4, -0.2) is 32.2 Å². The van der Waals surface area contributed by atoms with E-state index in [2.05, 4.69) is 9.97 Å². The summed E-state index contributed by atoms with van der Waals surface area (Å²) in [5.41, 5.74) is 7.78. The van der Waals surface area contributed by atoms with Crippen LogP contribution in [0.3, 0.4) is 0 Å². The summed E-state index contributed by atoms with van der Waals surface area (Å²) in [5.74, 6) is -0.502. The van der Waals surface area contributed by atoms with Crippen LogP contribution >= 0.6 is 0 Å². The molecule has 3 aromatic rings. The molecule has 0 bridgehead atoms. The maximum atomic E-state index is 13.3. The molecule has 4 N–H and O–H groups in total. The Balaban J connectivity index is 0.00000320. The fourth-order valence-electron chi connectivity index (χ4n) is 2.87. The van der Waals surface area contributed by atoms with Crippen LogP contribution in [0.15, 0.2) is 30.6 Å². The van der Waals surface area contributed by atoms with Crippen LogP contribution in [-0.2, 0) is 31.3 Å². The van der Waals surface area contributed by atoms with Gasteiger partial charge >= 0.3 is 12.4 Å². The Morgan fingerprint density at radius 2 is 1.80 bits per heavy atom. The van der Waals surface area contributed by atoms with E-state index in [1.165, 1.54) is 13.0 Å². The first kappa shape index (κ1) is 24.0. The SMILES string of the molecule is Cc1ccc(C(O)(C[NH-])C(F)(F)F)cc1-c1cnc2c(N)nc(C(F)(F)F)cn12.[Rh]. The summed E-state index contributed by atoms with van der Waals surface area (Å²) in [6, 6.07) is 3.26. The number of alkyl halides is 6. The smallest absolute Gasteiger partial charge is 0.434 e. The average molecular weight is 521 g/mol. The number of nitrogens with one attached hydrogen (secondary N) is 1. The van der Waals surface area contributed by atoms with Crippen molar-refractivity contribution in [2.24, 2.45) is 0 Å². The number of aryl methyl sites for hydroxylation is 1. The van der Waals surface area contributed by atoms with Gasteiger partial charge in [0.15, 0.2) is 22.8 Å². The molecule has 0 aliphatic carbocycles. The fourth-order valence-corrected chi connectivity index (χ4v) is 2.87. The van der Waals surface area contributed by atoms with Gasteiger partial charge < -0.3 is 16.6 Å². The maximum Gasteiger partial charge on any atom is 0.434 e. The molecule has 0 amide bonds. The summed E-state index contributed by atoms with van der Waals surface area (Å²) < 4.78 is 80.2. The van der Waals surface area contributed by atoms with E-state index in [0.29, 0.717) is 11.8 Å². The molecule has 13 heteroatoms. The Labute approximate surface area is 178 Å². The van der Waals surface area contributed by atoms with E-state index >= 15 is 0 Å². The number of nitrogen functional groups attached to an aromatic ring is 1. The van der Waals surface area contributed by atoms with Gasteiger partial charge in [-0.15, -0.1) is 6.54 Å². The minimum Gasteiger partial charge on any atom is -0.675 e. The monoisotopic (exact) mass is 521 g/mol. The average Bonchev–Trinajstić information content (AvgIpc) is 3.04. The first-order valence-electron chi connectivity index (χ1n) is 8.05. The molecule has 30 heavy (non-hydrogen) atoms. The molecule has 165 valence electrons. The van der Waals surface area contributed by atoms with Crippen LogP contribution < -0.4 is 5.73 Å². The van der Waals surface area contributed by atoms with E-state index in [4.69, 9.17) is 11.5 Å². The Bertz CT molecular complexity index is 1080. The molecule has 1 unspecified atom stereocenters. The third kappa shape index (κ3) is 3.89. The molecule has 3 rings (SSSR count). The van der Waals surface area contributed by atoms with Gasteiger partial charge in [-0.3, -0.25) is 4.40 Å². The first-order chi connectivity index (χ1) is 13.3. The topological polar surface area (TPSA) is 100 Å². The van der Waals surface area contributed by atoms with Gasteiger partial charge in [-0.2, -0.15) is 26.3 Å². The predicted octanol–water partition coefficient (Wildman–Crippen LogP) is 4.11. The van der Waals surface area contributed by atoms with Crippen molar-refractivity contribution in [3.63, 3.8) is 0 Å². The zero-order valence-electron chi connectivity index (χ0n) is 15.1. The Morgan fingerprint density at radius 3 is 2.33 bits per heavy atom. The van der Waals surface area contributed by atoms with Crippen molar-refractivity contribution in [2.75, 3.05) is 12.3 Å². The second-order valence-electron chi connectivity index (χ2n) is 6.41. The summed E-state index contributed by atoms with van der Waals surface area (Å²) in [7, 11) is 0. The van der Waals surface area contributed by atoms with E-state index in [1.807, 2.05) is 0 Å². The van der Waals surface area contributed by atoms with Crippen molar-refractivity contribution in [1.82, 2.24) is 14.4 Å². The standard InChI is InChI=1S/C17H14F6N5O.Rh/c1-8-2-3-9(15(29,7-24)17(21,22)23)4-10(8)11-5-26-14-13(25)27-12(6-28(11)14)16(18,19)20;/h2-6,24,29H,7H2,1H3,(H2,25,27);/q-1;. The van der Waals surface area contributed by atoms with Crippen LogP contribution in [0.1, 0.15) is 16.8 Å². The van der Waals surface area contributed by atoms with Crippen molar-refractivity contribution in [3.8, 4) is 11.3 Å². The molecule has 1 aromatic carbocycles. The second-order valence-corrected chi connectivity index (χ2v) is 6.41. The molecular formula is C17H14F6N5ORh-. The summed E-state index contributed by atoms with van der Waals surface area (Å²) in [4.78, 5) is 7.17. The second kappa shape index (κ2) is 7.79. The van der Waals surface area contributed by atoms with Gasteiger partial charge in [0, 0.05) is 31.2 Å². The molecular weight excluding hydrogens is 507 g/mol. The van der Waals surface area contributed by atoms with Crippen molar-refractivity contribution in [1.29, 1.82) is 0 Å². The maximum absolute atomic E-state index is 13.3. The fraction of sp³-hybridized carbons (Fsp3) is 0.294. The van der Waals surface area contributed by atoms with Crippen molar-refractivity contribution < 1.29 is 50.9 Å². The van der Waals surface area contributed by atoms with Crippen LogP contribution in [0.5, 0.6) is 0 Å². The molecule has 0 fully saturated rings. The molecule has 2 heterocycles. The van der Waals surface area contributed by atoms with Crippen LogP contribution in [0.4, 0.5) is 32.2 Å². The summed E-state index contributed by atoms with van der Waals surface area (Å²) in [5, 5.41) is 10.0. The zero-order chi connectivity index (χ0) is 21.8. The molecule has 0 aliphatic rings. The van der Waals surface area contributed by atoms with Gasteiger partial charge in [-0.1, -0.05) is 12.1 Å². The van der Waals surface area contributed by atoms with Crippen molar-refractivity contribution in [3.05, 3.63) is 53.1 Å². The number of imidazole rings is 1. The number of fused-ring (bicyclic) bond motifs is 1. The third-order valence-corrected chi connectivity index (χ3v) is 4.52. The molecule has 1 radical (unpaired) electrons. The van der Waals surface area contributed by atoms with E-state index in [1.54, 1.807) is 0 Å². The number of aliphatic hydroxyl groups is 1. The molecule has 2 aromatic heterocycles. The van der Waals surface area contributed by atoms with E-state index in [9.17, 15) is 31.4 Å². The van der Waals surface area contributed by atoms with E-state index < -0.39 is 41.6 Å². The van der Waals surface area contributed by atoms with Crippen LogP contribution in [0.25, 0.3) is 22.6 Å². The Morgan fingerprint density at radius 1 is 1.17 bits per heavy atom. The number of rotatable bonds is 3. The number of aromatic nitrogens is 3. The number of benzene rings is 1. The number of hydrogen-bond donors (Lipinski definition) is 2. The number of nitrogens with zero attached hydrogens (tertiary/aromatic N) is 3. The van der Waals surface area contributed by atoms with Crippen molar-refractivity contribution in [2.45, 2.75) is 24.9 Å². The summed E-state index contributed by atoms with van der Waals surface area (Å²) in [6.07, 6.45) is -8.14. The number of halogens is 6. The Hall–Kier alpha value is -2.24. The molecule has 0 saturated carbocycles. The molecule has 0 saturated heterocycles. The van der Waals surface area contributed by atoms with Gasteiger partial charge in [-0.05, 0) is 24.1 Å². The van der Waals surface area contributed by atoms with Gasteiger partial charge in [0.1, 0.15) is 0 Å². The number of nitrogens with two attached hydrogens (primary N) is 1. The Kier molecular flexibility index (Phi) is 6.24. The largest absolute Gasteiger partial charge is 0.675 e. The minimum atomic E-state index is -5.13. The van der Waals surface area contributed by atoms with E-state index in [0.717, 1.165) is 22.7 Å². The third-order valence-electron chi connectivity index (χ3n) is 4.52. The van der Waals surface area contributed by atoms with Crippen LogP contribution in [0, 0.1) is 6.92 Å². The molecule has 1 atom stereocenters. The van der Waals surface area contributed by atoms with Gasteiger partial charge in [0.05, 0.1) is 11.9 Å². The van der Waals surface area contributed by atoms with Gasteiger partial charge in [0.25, 0.3) is 0 Å². The van der Waals surface area contributed by atoms with Gasteiger partial charge in [0.2, 0.25) is 0 Å². The first-order valence-corrected chi connectivity index (χ1v) is 8.05. The summed E-state index contributed by atoms with van der Waals surface area (Å²) in [6.45, 7) is 0.141. The predicted molar refractivity (Wildman–Crippen MR) is 91.7 cm³/mol. The zero-order valence-corrected chi connectivity index (χ0v) is 16.7. The number of anilines is 1. The van der Waals surface area contributed by atoms with E-state index in [-0.39, 0.29) is 36.4 Å². The minimum absolute atomic E-state index is 0. The molecule has 6 nitrogen and oxygen atoms in total. The molecule has 0 spiro atoms. The quantitative estimate of drug-likeness (QED) is 0.401. The number of hydrogen-bond acceptors (Lipinski definition) is 4. The van der Waals surface area contributed by atoms with Crippen LogP contribution in [0.2, 0.25) is 0 Å². The normalized spacial score (nSPS) is 14.4.